The molecule has 5 heteroatoms. The third-order valence-electron chi connectivity index (χ3n) is 2.56. The third kappa shape index (κ3) is 2.05. The molecule has 90 valence electrons. The van der Waals surface area contributed by atoms with E-state index in [0.29, 0.717) is 5.02 Å². The number of nitrogens with zero attached hydrogens (tertiary/aromatic N) is 2. The van der Waals surface area contributed by atoms with E-state index in [-0.39, 0.29) is 0 Å². The van der Waals surface area contributed by atoms with Crippen LogP contribution in [0.4, 0.5) is 11.5 Å². The number of aromatic nitrogens is 2. The van der Waals surface area contributed by atoms with Crippen molar-refractivity contribution in [1.29, 1.82) is 0 Å². The maximum atomic E-state index is 6.14. The van der Waals surface area contributed by atoms with Gasteiger partial charge in [-0.05, 0) is 30.5 Å². The molecule has 0 atom stereocenters. The molecule has 18 heavy (non-hydrogen) atoms. The van der Waals surface area contributed by atoms with Crippen molar-refractivity contribution in [1.82, 2.24) is 9.97 Å². The maximum Gasteiger partial charge on any atom is 0.142 e. The molecule has 0 saturated heterocycles. The third-order valence-corrected chi connectivity index (χ3v) is 3.70. The molecule has 0 saturated carbocycles. The van der Waals surface area contributed by atoms with Crippen LogP contribution in [0.2, 0.25) is 5.02 Å². The molecule has 0 amide bonds. The van der Waals surface area contributed by atoms with E-state index in [2.05, 4.69) is 15.3 Å². The van der Waals surface area contributed by atoms with Gasteiger partial charge in [0.05, 0.1) is 16.1 Å². The van der Waals surface area contributed by atoms with Crippen LogP contribution in [0.15, 0.2) is 35.7 Å². The number of benzene rings is 1. The lowest BCUT2D eigenvalue weighted by molar-refractivity contribution is 1.10. The topological polar surface area (TPSA) is 37.8 Å². The van der Waals surface area contributed by atoms with Gasteiger partial charge in [0.1, 0.15) is 16.5 Å². The zero-order valence-corrected chi connectivity index (χ0v) is 11.2. The fraction of sp³-hybridized carbons (Fsp3) is 0.0769. The molecule has 0 fully saturated rings. The molecule has 3 nitrogen and oxygen atoms in total. The second kappa shape index (κ2) is 4.55. The standard InChI is InChI=1S/C13H10ClN3S/c1-8-15-12(9-6-7-18-13(9)16-8)17-11-5-3-2-4-10(11)14/h2-7H,1H3,(H,15,16,17). The van der Waals surface area contributed by atoms with Gasteiger partial charge in [-0.25, -0.2) is 9.97 Å². The molecule has 1 N–H and O–H groups in total. The maximum absolute atomic E-state index is 6.14. The van der Waals surface area contributed by atoms with Crippen LogP contribution < -0.4 is 5.32 Å². The second-order valence-corrected chi connectivity index (χ2v) is 5.17. The first-order valence-corrected chi connectivity index (χ1v) is 6.73. The Morgan fingerprint density at radius 2 is 2.00 bits per heavy atom. The Kier molecular flexibility index (Phi) is 2.89. The van der Waals surface area contributed by atoms with Crippen LogP contribution in [0.25, 0.3) is 10.2 Å². The van der Waals surface area contributed by atoms with Crippen LogP contribution in [0.1, 0.15) is 5.82 Å². The van der Waals surface area contributed by atoms with Crippen molar-refractivity contribution in [2.24, 2.45) is 0 Å². The number of aryl methyl sites for hydroxylation is 1. The highest BCUT2D eigenvalue weighted by molar-refractivity contribution is 7.16. The molecule has 0 bridgehead atoms. The van der Waals surface area contributed by atoms with E-state index in [1.807, 2.05) is 42.6 Å². The highest BCUT2D eigenvalue weighted by Crippen LogP contribution is 2.30. The van der Waals surface area contributed by atoms with E-state index >= 15 is 0 Å². The average Bonchev–Trinajstić information content (AvgIpc) is 2.80. The van der Waals surface area contributed by atoms with Crippen molar-refractivity contribution >= 4 is 44.7 Å². The normalized spacial score (nSPS) is 10.8. The van der Waals surface area contributed by atoms with Crippen molar-refractivity contribution in [2.75, 3.05) is 5.32 Å². The van der Waals surface area contributed by atoms with Gasteiger partial charge in [-0.1, -0.05) is 23.7 Å². The summed E-state index contributed by atoms with van der Waals surface area (Å²) in [5.41, 5.74) is 0.852. The summed E-state index contributed by atoms with van der Waals surface area (Å²) >= 11 is 7.74. The Morgan fingerprint density at radius 1 is 1.17 bits per heavy atom. The molecule has 0 aliphatic rings. The second-order valence-electron chi connectivity index (χ2n) is 3.86. The van der Waals surface area contributed by atoms with E-state index in [1.54, 1.807) is 11.3 Å². The molecule has 1 aromatic carbocycles. The molecule has 0 radical (unpaired) electrons. The fourth-order valence-corrected chi connectivity index (χ4v) is 2.74. The van der Waals surface area contributed by atoms with E-state index in [1.165, 1.54) is 0 Å². The monoisotopic (exact) mass is 275 g/mol. The first-order valence-electron chi connectivity index (χ1n) is 5.47. The summed E-state index contributed by atoms with van der Waals surface area (Å²) < 4.78 is 0. The van der Waals surface area contributed by atoms with Crippen molar-refractivity contribution < 1.29 is 0 Å². The molecular weight excluding hydrogens is 266 g/mol. The van der Waals surface area contributed by atoms with Gasteiger partial charge in [-0.2, -0.15) is 0 Å². The number of fused-ring (bicyclic) bond motifs is 1. The quantitative estimate of drug-likeness (QED) is 0.753. The molecule has 3 aromatic rings. The SMILES string of the molecule is Cc1nc(Nc2ccccc2Cl)c2ccsc2n1. The van der Waals surface area contributed by atoms with Gasteiger partial charge in [0.15, 0.2) is 0 Å². The molecular formula is C13H10ClN3S. The Morgan fingerprint density at radius 3 is 2.83 bits per heavy atom. The number of rotatable bonds is 2. The van der Waals surface area contributed by atoms with Crippen molar-refractivity contribution in [2.45, 2.75) is 6.92 Å². The van der Waals surface area contributed by atoms with Gasteiger partial charge in [0, 0.05) is 0 Å². The predicted molar refractivity (Wildman–Crippen MR) is 76.9 cm³/mol. The minimum Gasteiger partial charge on any atom is -0.338 e. The average molecular weight is 276 g/mol. The highest BCUT2D eigenvalue weighted by Gasteiger charge is 2.08. The molecule has 0 unspecified atom stereocenters. The smallest absolute Gasteiger partial charge is 0.142 e. The highest BCUT2D eigenvalue weighted by atomic mass is 35.5. The van der Waals surface area contributed by atoms with Crippen LogP contribution in [-0.4, -0.2) is 9.97 Å². The number of hydrogen-bond donors (Lipinski definition) is 1. The van der Waals surface area contributed by atoms with Crippen LogP contribution in [0.5, 0.6) is 0 Å². The van der Waals surface area contributed by atoms with Crippen LogP contribution in [0.3, 0.4) is 0 Å². The van der Waals surface area contributed by atoms with Gasteiger partial charge in [-0.15, -0.1) is 11.3 Å². The lowest BCUT2D eigenvalue weighted by Crippen LogP contribution is -1.97. The zero-order valence-electron chi connectivity index (χ0n) is 9.64. The minimum absolute atomic E-state index is 0.678. The Hall–Kier alpha value is -1.65. The Labute approximate surface area is 113 Å². The summed E-state index contributed by atoms with van der Waals surface area (Å²) in [7, 11) is 0. The molecule has 2 heterocycles. The minimum atomic E-state index is 0.678. The number of hydrogen-bond acceptors (Lipinski definition) is 4. The first-order chi connectivity index (χ1) is 8.74. The molecule has 3 rings (SSSR count). The van der Waals surface area contributed by atoms with Crippen LogP contribution in [-0.2, 0) is 0 Å². The number of halogens is 1. The van der Waals surface area contributed by atoms with Gasteiger partial charge in [0.2, 0.25) is 0 Å². The summed E-state index contributed by atoms with van der Waals surface area (Å²) in [4.78, 5) is 9.81. The van der Waals surface area contributed by atoms with Gasteiger partial charge < -0.3 is 5.32 Å². The van der Waals surface area contributed by atoms with Crippen LogP contribution in [0, 0.1) is 6.92 Å². The van der Waals surface area contributed by atoms with Crippen molar-refractivity contribution in [3.8, 4) is 0 Å². The number of nitrogens with one attached hydrogen (secondary N) is 1. The molecule has 2 aromatic heterocycles. The van der Waals surface area contributed by atoms with E-state index in [9.17, 15) is 0 Å². The summed E-state index contributed by atoms with van der Waals surface area (Å²) in [6.45, 7) is 1.89. The Bertz CT molecular complexity index is 708. The molecule has 0 aliphatic heterocycles. The van der Waals surface area contributed by atoms with Gasteiger partial charge >= 0.3 is 0 Å². The largest absolute Gasteiger partial charge is 0.338 e. The number of thiophene rings is 1. The number of para-hydroxylation sites is 1. The Balaban J connectivity index is 2.10. The summed E-state index contributed by atoms with van der Waals surface area (Å²) in [5, 5.41) is 6.97. The summed E-state index contributed by atoms with van der Waals surface area (Å²) in [5.74, 6) is 1.55. The van der Waals surface area contributed by atoms with Crippen LogP contribution >= 0.6 is 22.9 Å². The lowest BCUT2D eigenvalue weighted by atomic mass is 10.3. The molecule has 0 spiro atoms. The van der Waals surface area contributed by atoms with E-state index < -0.39 is 0 Å². The predicted octanol–water partition coefficient (Wildman–Crippen LogP) is 4.40. The van der Waals surface area contributed by atoms with E-state index in [0.717, 1.165) is 27.5 Å². The van der Waals surface area contributed by atoms with E-state index in [4.69, 9.17) is 11.6 Å². The van der Waals surface area contributed by atoms with Crippen molar-refractivity contribution in [3.63, 3.8) is 0 Å². The first kappa shape index (κ1) is 11.4. The fourth-order valence-electron chi connectivity index (χ4n) is 1.75. The van der Waals surface area contributed by atoms with Gasteiger partial charge in [-0.3, -0.25) is 0 Å². The summed E-state index contributed by atoms with van der Waals surface area (Å²) in [6.07, 6.45) is 0. The van der Waals surface area contributed by atoms with Crippen molar-refractivity contribution in [3.05, 3.63) is 46.6 Å². The zero-order chi connectivity index (χ0) is 12.5. The number of anilines is 2. The summed E-state index contributed by atoms with van der Waals surface area (Å²) in [6, 6.07) is 9.63. The molecule has 0 aliphatic carbocycles. The lowest BCUT2D eigenvalue weighted by Gasteiger charge is -2.08. The van der Waals surface area contributed by atoms with Gasteiger partial charge in [0.25, 0.3) is 0 Å².